The molecular weight excluding hydrogens is 392 g/mol. The van der Waals surface area contributed by atoms with Crippen molar-refractivity contribution < 1.29 is 5.11 Å². The van der Waals surface area contributed by atoms with Crippen LogP contribution >= 0.6 is 0 Å². The summed E-state index contributed by atoms with van der Waals surface area (Å²) in [5.74, 6) is 0.681. The minimum absolute atomic E-state index is 0.0238. The predicted octanol–water partition coefficient (Wildman–Crippen LogP) is 2.17. The van der Waals surface area contributed by atoms with Gasteiger partial charge in [0, 0.05) is 18.7 Å². The number of hydrogen-bond acceptors (Lipinski definition) is 6. The van der Waals surface area contributed by atoms with Gasteiger partial charge in [-0.15, -0.1) is 5.10 Å². The minimum Gasteiger partial charge on any atom is -0.395 e. The fourth-order valence-electron chi connectivity index (χ4n) is 3.70. The molecule has 0 bridgehead atoms. The van der Waals surface area contributed by atoms with E-state index in [4.69, 9.17) is 0 Å². The van der Waals surface area contributed by atoms with Crippen LogP contribution in [0, 0.1) is 13.8 Å². The summed E-state index contributed by atoms with van der Waals surface area (Å²) in [6.07, 6.45) is 0. The van der Waals surface area contributed by atoms with E-state index in [0.717, 1.165) is 27.6 Å². The van der Waals surface area contributed by atoms with Crippen LogP contribution in [-0.2, 0) is 19.6 Å². The number of fused-ring (bicyclic) bond motifs is 1. The third kappa shape index (κ3) is 4.70. The highest BCUT2D eigenvalue weighted by molar-refractivity contribution is 5.83. The highest BCUT2D eigenvalue weighted by atomic mass is 16.3. The molecule has 160 valence electrons. The smallest absolute Gasteiger partial charge is 0.252 e. The lowest BCUT2D eigenvalue weighted by molar-refractivity contribution is 0.179. The molecule has 2 heterocycles. The lowest BCUT2D eigenvalue weighted by Crippen LogP contribution is -2.30. The summed E-state index contributed by atoms with van der Waals surface area (Å²) >= 11 is 0. The number of aromatic amines is 1. The van der Waals surface area contributed by atoms with E-state index in [0.29, 0.717) is 37.6 Å². The molecule has 4 rings (SSSR count). The van der Waals surface area contributed by atoms with Gasteiger partial charge in [0.05, 0.1) is 25.2 Å². The van der Waals surface area contributed by atoms with Crippen LogP contribution in [0.1, 0.15) is 28.1 Å². The van der Waals surface area contributed by atoms with Gasteiger partial charge in [-0.25, -0.2) is 4.68 Å². The van der Waals surface area contributed by atoms with Crippen molar-refractivity contribution in [3.63, 3.8) is 0 Å². The number of hydrogen-bond donors (Lipinski definition) is 2. The van der Waals surface area contributed by atoms with Crippen molar-refractivity contribution in [3.05, 3.63) is 87.0 Å². The van der Waals surface area contributed by atoms with Gasteiger partial charge in [0.15, 0.2) is 5.82 Å². The molecule has 0 saturated carbocycles. The third-order valence-corrected chi connectivity index (χ3v) is 5.58. The summed E-state index contributed by atoms with van der Waals surface area (Å²) < 4.78 is 1.75. The lowest BCUT2D eigenvalue weighted by atomic mass is 10.0. The number of aryl methyl sites for hydroxylation is 2. The fraction of sp³-hybridized carbons (Fsp3) is 0.304. The van der Waals surface area contributed by atoms with Crippen molar-refractivity contribution in [2.24, 2.45) is 0 Å². The summed E-state index contributed by atoms with van der Waals surface area (Å²) in [4.78, 5) is 17.8. The Morgan fingerprint density at radius 1 is 1.10 bits per heavy atom. The first-order chi connectivity index (χ1) is 15.0. The maximum absolute atomic E-state index is 12.8. The summed E-state index contributed by atoms with van der Waals surface area (Å²) in [6.45, 7) is 5.79. The number of aliphatic hydroxyl groups excluding tert-OH is 1. The molecule has 0 aliphatic rings. The second-order valence-electron chi connectivity index (χ2n) is 7.77. The van der Waals surface area contributed by atoms with Crippen LogP contribution in [0.2, 0.25) is 0 Å². The van der Waals surface area contributed by atoms with Crippen LogP contribution in [0.15, 0.2) is 53.3 Å². The van der Waals surface area contributed by atoms with Crippen molar-refractivity contribution in [1.29, 1.82) is 0 Å². The number of benzene rings is 2. The first-order valence-electron chi connectivity index (χ1n) is 10.3. The van der Waals surface area contributed by atoms with Crippen LogP contribution < -0.4 is 5.56 Å². The number of pyridine rings is 1. The van der Waals surface area contributed by atoms with Crippen molar-refractivity contribution in [1.82, 2.24) is 30.1 Å². The van der Waals surface area contributed by atoms with Crippen molar-refractivity contribution in [2.45, 2.75) is 33.5 Å². The van der Waals surface area contributed by atoms with Gasteiger partial charge in [0.1, 0.15) is 0 Å². The number of H-pyrrole nitrogens is 1. The highest BCUT2D eigenvalue weighted by Crippen LogP contribution is 2.19. The Hall–Kier alpha value is -3.36. The second-order valence-corrected chi connectivity index (χ2v) is 7.77. The number of aliphatic hydroxyl groups is 1. The molecule has 2 N–H and O–H groups in total. The van der Waals surface area contributed by atoms with E-state index < -0.39 is 0 Å². The zero-order valence-electron chi connectivity index (χ0n) is 17.7. The maximum Gasteiger partial charge on any atom is 0.252 e. The van der Waals surface area contributed by atoms with Gasteiger partial charge >= 0.3 is 0 Å². The van der Waals surface area contributed by atoms with E-state index in [9.17, 15) is 9.90 Å². The number of aromatic nitrogens is 5. The van der Waals surface area contributed by atoms with Crippen LogP contribution in [0.25, 0.3) is 10.9 Å². The first-order valence-corrected chi connectivity index (χ1v) is 10.3. The van der Waals surface area contributed by atoms with E-state index in [1.54, 1.807) is 4.68 Å². The molecule has 0 radical (unpaired) electrons. The van der Waals surface area contributed by atoms with Gasteiger partial charge in [0.2, 0.25) is 0 Å². The second kappa shape index (κ2) is 9.20. The Kier molecular flexibility index (Phi) is 6.20. The monoisotopic (exact) mass is 418 g/mol. The lowest BCUT2D eigenvalue weighted by Gasteiger charge is -2.20. The molecule has 0 unspecified atom stereocenters. The van der Waals surface area contributed by atoms with Gasteiger partial charge in [0.25, 0.3) is 5.56 Å². The van der Waals surface area contributed by atoms with E-state index in [2.05, 4.69) is 26.6 Å². The fourth-order valence-corrected chi connectivity index (χ4v) is 3.70. The Labute approximate surface area is 180 Å². The molecule has 0 aliphatic carbocycles. The molecule has 0 spiro atoms. The normalized spacial score (nSPS) is 11.5. The molecule has 0 fully saturated rings. The van der Waals surface area contributed by atoms with E-state index >= 15 is 0 Å². The largest absolute Gasteiger partial charge is 0.395 e. The van der Waals surface area contributed by atoms with Crippen LogP contribution in [0.4, 0.5) is 0 Å². The molecule has 31 heavy (non-hydrogen) atoms. The summed E-state index contributed by atoms with van der Waals surface area (Å²) in [6, 6.07) is 16.0. The molecule has 0 atom stereocenters. The van der Waals surface area contributed by atoms with Gasteiger partial charge in [-0.05, 0) is 52.4 Å². The predicted molar refractivity (Wildman–Crippen MR) is 119 cm³/mol. The molecule has 0 saturated heterocycles. The Balaban J connectivity index is 1.57. The Bertz CT molecular complexity index is 1230. The molecule has 2 aromatic carbocycles. The molecule has 4 aromatic rings. The highest BCUT2D eigenvalue weighted by Gasteiger charge is 2.15. The molecule has 0 amide bonds. The molecule has 8 nitrogen and oxygen atoms in total. The third-order valence-electron chi connectivity index (χ3n) is 5.58. The molecule has 2 aromatic heterocycles. The Morgan fingerprint density at radius 3 is 2.68 bits per heavy atom. The van der Waals surface area contributed by atoms with Crippen LogP contribution in [0.3, 0.4) is 0 Å². The summed E-state index contributed by atoms with van der Waals surface area (Å²) in [7, 11) is 0. The van der Waals surface area contributed by atoms with Crippen molar-refractivity contribution in [3.8, 4) is 0 Å². The van der Waals surface area contributed by atoms with E-state index in [1.165, 1.54) is 0 Å². The molecule has 0 aliphatic heterocycles. The Morgan fingerprint density at radius 2 is 1.90 bits per heavy atom. The van der Waals surface area contributed by atoms with Crippen molar-refractivity contribution >= 4 is 10.9 Å². The average molecular weight is 419 g/mol. The minimum atomic E-state index is -0.118. The number of tetrazole rings is 1. The first kappa shape index (κ1) is 20.9. The van der Waals surface area contributed by atoms with Crippen LogP contribution in [-0.4, -0.2) is 48.3 Å². The number of rotatable bonds is 8. The number of nitrogens with zero attached hydrogens (tertiary/aromatic N) is 5. The quantitative estimate of drug-likeness (QED) is 0.455. The SMILES string of the molecule is Cc1ccc2cc(CN(CCO)Cc3nnnn3Cc3ccccc3)c(=O)[nH]c2c1C. The van der Waals surface area contributed by atoms with Crippen LogP contribution in [0.5, 0.6) is 0 Å². The van der Waals surface area contributed by atoms with Gasteiger partial charge < -0.3 is 10.1 Å². The number of nitrogens with one attached hydrogen (secondary N) is 1. The van der Waals surface area contributed by atoms with Gasteiger partial charge in [-0.2, -0.15) is 0 Å². The molecule has 8 heteroatoms. The van der Waals surface area contributed by atoms with E-state index in [1.807, 2.05) is 61.2 Å². The standard InChI is InChI=1S/C23H26N6O2/c1-16-8-9-19-12-20(23(31)24-22(19)17(16)2)14-28(10-11-30)15-21-25-26-27-29(21)13-18-6-4-3-5-7-18/h3-9,12,30H,10-11,13-15H2,1-2H3,(H,24,31). The summed E-state index contributed by atoms with van der Waals surface area (Å²) in [5.41, 5.74) is 4.71. The summed E-state index contributed by atoms with van der Waals surface area (Å²) in [5, 5.41) is 22.7. The molecular formula is C23H26N6O2. The van der Waals surface area contributed by atoms with Gasteiger partial charge in [-0.3, -0.25) is 9.69 Å². The maximum atomic E-state index is 12.8. The van der Waals surface area contributed by atoms with Gasteiger partial charge in [-0.1, -0.05) is 42.5 Å². The zero-order valence-corrected chi connectivity index (χ0v) is 17.7. The topological polar surface area (TPSA) is 99.9 Å². The van der Waals surface area contributed by atoms with Crippen molar-refractivity contribution in [2.75, 3.05) is 13.2 Å². The zero-order chi connectivity index (χ0) is 21.8. The average Bonchev–Trinajstić information content (AvgIpc) is 3.19. The van der Waals surface area contributed by atoms with E-state index in [-0.39, 0.29) is 12.2 Å².